The van der Waals surface area contributed by atoms with Crippen LogP contribution in [0.15, 0.2) is 97.1 Å². The Morgan fingerprint density at radius 1 is 0.515 bits per heavy atom. The number of carboxylic acids is 2. The molecule has 4 aromatic carbocycles. The Morgan fingerprint density at radius 2 is 0.848 bits per heavy atom. The van der Waals surface area contributed by atoms with E-state index < -0.39 is 11.9 Å². The minimum Gasteiger partial charge on any atom is -0.545 e. The van der Waals surface area contributed by atoms with E-state index in [0.29, 0.717) is 11.1 Å². The summed E-state index contributed by atoms with van der Waals surface area (Å²) in [6, 6.07) is 27.3. The topological polar surface area (TPSA) is 121 Å². The van der Waals surface area contributed by atoms with Crippen LogP contribution in [0.3, 0.4) is 0 Å². The number of rotatable bonds is 4. The third kappa shape index (κ3) is 6.01. The fourth-order valence-electron chi connectivity index (χ4n) is 3.12. The number of para-hydroxylation sites is 2. The molecule has 33 heavy (non-hydrogen) atoms. The van der Waals surface area contributed by atoms with Gasteiger partial charge in [0.15, 0.2) is 0 Å². The summed E-state index contributed by atoms with van der Waals surface area (Å²) >= 11 is 0. The van der Waals surface area contributed by atoms with E-state index in [-0.39, 0.29) is 39.7 Å². The molecule has 6 nitrogen and oxygen atoms in total. The standard InChI is InChI=1S/2C13H10O3.Cu/c2*14-12-10(9-5-2-1-3-6-9)7-4-8-11(12)13(15)16;/h2*1-8,14H,(H,15,16);/q;;+2/p-2. The number of carbonyl (C=O) groups excluding carboxylic acids is 2. The number of phenols is 2. The number of hydrogen-bond donors (Lipinski definition) is 2. The summed E-state index contributed by atoms with van der Waals surface area (Å²) in [4.78, 5) is 21.5. The maximum Gasteiger partial charge on any atom is 2.00 e. The van der Waals surface area contributed by atoms with Crippen molar-refractivity contribution in [3.05, 3.63) is 108 Å². The number of benzene rings is 4. The number of hydrogen-bond acceptors (Lipinski definition) is 6. The third-order valence-electron chi connectivity index (χ3n) is 4.68. The van der Waals surface area contributed by atoms with Crippen LogP contribution in [0.25, 0.3) is 22.3 Å². The first-order chi connectivity index (χ1) is 15.4. The minimum absolute atomic E-state index is 0. The third-order valence-corrected chi connectivity index (χ3v) is 4.68. The van der Waals surface area contributed by atoms with Crippen molar-refractivity contribution in [1.29, 1.82) is 0 Å². The second kappa shape index (κ2) is 11.5. The van der Waals surface area contributed by atoms with E-state index in [1.165, 1.54) is 12.1 Å². The maximum atomic E-state index is 10.7. The van der Waals surface area contributed by atoms with Gasteiger partial charge in [0.05, 0.1) is 11.9 Å². The van der Waals surface area contributed by atoms with E-state index in [1.807, 2.05) is 36.4 Å². The van der Waals surface area contributed by atoms with Crippen LogP contribution in [0.2, 0.25) is 0 Å². The molecule has 4 rings (SSSR count). The monoisotopic (exact) mass is 489 g/mol. The fraction of sp³-hybridized carbons (Fsp3) is 0. The van der Waals surface area contributed by atoms with Crippen LogP contribution in [0.4, 0.5) is 0 Å². The Labute approximate surface area is 200 Å². The molecule has 0 aliphatic rings. The first-order valence-electron chi connectivity index (χ1n) is 9.57. The van der Waals surface area contributed by atoms with Gasteiger partial charge in [-0.3, -0.25) is 0 Å². The molecule has 0 unspecified atom stereocenters. The summed E-state index contributed by atoms with van der Waals surface area (Å²) in [6.07, 6.45) is 0. The summed E-state index contributed by atoms with van der Waals surface area (Å²) in [7, 11) is 0. The van der Waals surface area contributed by atoms with Crippen molar-refractivity contribution in [3.63, 3.8) is 0 Å². The summed E-state index contributed by atoms with van der Waals surface area (Å²) in [5.74, 6) is -3.27. The van der Waals surface area contributed by atoms with Gasteiger partial charge in [0.2, 0.25) is 0 Å². The van der Waals surface area contributed by atoms with Crippen LogP contribution in [-0.2, 0) is 17.1 Å². The quantitative estimate of drug-likeness (QED) is 0.425. The van der Waals surface area contributed by atoms with E-state index in [9.17, 15) is 30.0 Å². The van der Waals surface area contributed by atoms with E-state index in [2.05, 4.69) is 0 Å². The Hall–Kier alpha value is -4.06. The first-order valence-corrected chi connectivity index (χ1v) is 9.57. The molecular formula is C26H18CuO6. The van der Waals surface area contributed by atoms with Gasteiger partial charge in [0.25, 0.3) is 0 Å². The second-order valence-corrected chi connectivity index (χ2v) is 6.71. The van der Waals surface area contributed by atoms with Gasteiger partial charge in [0, 0.05) is 22.3 Å². The second-order valence-electron chi connectivity index (χ2n) is 6.71. The molecule has 0 amide bonds. The number of aromatic hydroxyl groups is 2. The summed E-state index contributed by atoms with van der Waals surface area (Å²) < 4.78 is 0. The molecule has 0 saturated heterocycles. The Kier molecular flexibility index (Phi) is 8.80. The predicted octanol–water partition coefficient (Wildman–Crippen LogP) is 2.84. The molecule has 1 radical (unpaired) electrons. The molecule has 0 saturated carbocycles. The van der Waals surface area contributed by atoms with Gasteiger partial charge in [-0.1, -0.05) is 84.9 Å². The molecule has 4 aromatic rings. The first kappa shape index (κ1) is 25.2. The molecule has 7 heteroatoms. The average molecular weight is 490 g/mol. The van der Waals surface area contributed by atoms with Crippen molar-refractivity contribution in [2.75, 3.05) is 0 Å². The molecule has 0 aliphatic carbocycles. The molecule has 0 atom stereocenters. The number of aromatic carboxylic acids is 2. The smallest absolute Gasteiger partial charge is 0.545 e. The zero-order valence-corrected chi connectivity index (χ0v) is 18.0. The van der Waals surface area contributed by atoms with E-state index in [0.717, 1.165) is 11.1 Å². The van der Waals surface area contributed by atoms with E-state index in [1.54, 1.807) is 48.5 Å². The van der Waals surface area contributed by atoms with Crippen molar-refractivity contribution in [2.24, 2.45) is 0 Å². The molecule has 0 bridgehead atoms. The summed E-state index contributed by atoms with van der Waals surface area (Å²) in [5.41, 5.74) is 2.12. The molecule has 0 aliphatic heterocycles. The molecule has 2 N–H and O–H groups in total. The van der Waals surface area contributed by atoms with Crippen molar-refractivity contribution in [1.82, 2.24) is 0 Å². The SMILES string of the molecule is O=C([O-])c1cccc(-c2ccccc2)c1O.O=C([O-])c1cccc(-c2ccccc2)c1O.[Cu+2]. The van der Waals surface area contributed by atoms with Crippen LogP contribution in [0, 0.1) is 0 Å². The number of carbonyl (C=O) groups is 2. The zero-order chi connectivity index (χ0) is 23.1. The van der Waals surface area contributed by atoms with Crippen LogP contribution >= 0.6 is 0 Å². The van der Waals surface area contributed by atoms with Crippen LogP contribution < -0.4 is 10.2 Å². The zero-order valence-electron chi connectivity index (χ0n) is 17.1. The normalized spacial score (nSPS) is 9.70. The molecular weight excluding hydrogens is 472 g/mol. The fourth-order valence-corrected chi connectivity index (χ4v) is 3.12. The Morgan fingerprint density at radius 3 is 1.15 bits per heavy atom. The molecule has 0 fully saturated rings. The Bertz CT molecular complexity index is 1140. The van der Waals surface area contributed by atoms with Gasteiger partial charge in [-0.25, -0.2) is 0 Å². The van der Waals surface area contributed by atoms with Gasteiger partial charge < -0.3 is 30.0 Å². The maximum absolute atomic E-state index is 10.7. The van der Waals surface area contributed by atoms with Crippen molar-refractivity contribution < 1.29 is 47.1 Å². The van der Waals surface area contributed by atoms with Crippen molar-refractivity contribution in [3.8, 4) is 33.8 Å². The largest absolute Gasteiger partial charge is 2.00 e. The van der Waals surface area contributed by atoms with Gasteiger partial charge in [-0.15, -0.1) is 0 Å². The van der Waals surface area contributed by atoms with Crippen LogP contribution in [-0.4, -0.2) is 22.2 Å². The van der Waals surface area contributed by atoms with Gasteiger partial charge in [-0.05, 0) is 23.3 Å². The molecule has 0 spiro atoms. The summed E-state index contributed by atoms with van der Waals surface area (Å²) in [6.45, 7) is 0. The molecule has 169 valence electrons. The average Bonchev–Trinajstić information content (AvgIpc) is 2.80. The minimum atomic E-state index is -1.38. The number of carboxylic acid groups (broad SMARTS) is 2. The molecule has 0 aromatic heterocycles. The molecule has 0 heterocycles. The van der Waals surface area contributed by atoms with Crippen molar-refractivity contribution >= 4 is 11.9 Å². The van der Waals surface area contributed by atoms with Crippen LogP contribution in [0.1, 0.15) is 20.7 Å². The van der Waals surface area contributed by atoms with E-state index in [4.69, 9.17) is 0 Å². The van der Waals surface area contributed by atoms with E-state index >= 15 is 0 Å². The van der Waals surface area contributed by atoms with Gasteiger partial charge in [-0.2, -0.15) is 0 Å². The Balaban J connectivity index is 0.000000227. The van der Waals surface area contributed by atoms with Gasteiger partial charge >= 0.3 is 17.1 Å². The predicted molar refractivity (Wildman–Crippen MR) is 116 cm³/mol. The van der Waals surface area contributed by atoms with Crippen molar-refractivity contribution in [2.45, 2.75) is 0 Å². The van der Waals surface area contributed by atoms with Gasteiger partial charge in [0.1, 0.15) is 11.5 Å². The van der Waals surface area contributed by atoms with Crippen LogP contribution in [0.5, 0.6) is 11.5 Å². The summed E-state index contributed by atoms with van der Waals surface area (Å²) in [5, 5.41) is 41.1.